The molecule has 0 atom stereocenters. The molecular weight excluding hydrogens is 204 g/mol. The summed E-state index contributed by atoms with van der Waals surface area (Å²) in [7, 11) is 3.33. The van der Waals surface area contributed by atoms with Crippen molar-refractivity contribution in [1.29, 1.82) is 0 Å². The SMILES string of the molecule is COc1cccc(N(C)C(=O)NC(C)C)c1. The minimum atomic E-state index is -0.122. The molecule has 0 saturated heterocycles. The first-order chi connectivity index (χ1) is 7.54. The van der Waals surface area contributed by atoms with Gasteiger partial charge in [0.15, 0.2) is 0 Å². The van der Waals surface area contributed by atoms with Crippen molar-refractivity contribution in [3.8, 4) is 5.75 Å². The molecule has 0 aliphatic rings. The molecule has 1 aromatic carbocycles. The van der Waals surface area contributed by atoms with Gasteiger partial charge in [0.05, 0.1) is 7.11 Å². The molecule has 4 nitrogen and oxygen atoms in total. The average Bonchev–Trinajstić information content (AvgIpc) is 2.27. The Morgan fingerprint density at radius 2 is 2.12 bits per heavy atom. The third-order valence-electron chi connectivity index (χ3n) is 2.16. The van der Waals surface area contributed by atoms with Crippen molar-refractivity contribution in [2.75, 3.05) is 19.1 Å². The lowest BCUT2D eigenvalue weighted by Gasteiger charge is -2.20. The van der Waals surface area contributed by atoms with Gasteiger partial charge in [0, 0.05) is 24.8 Å². The van der Waals surface area contributed by atoms with E-state index in [9.17, 15) is 4.79 Å². The van der Waals surface area contributed by atoms with Crippen LogP contribution in [0.3, 0.4) is 0 Å². The molecule has 0 radical (unpaired) electrons. The number of carbonyl (C=O) groups excluding carboxylic acids is 1. The van der Waals surface area contributed by atoms with Crippen molar-refractivity contribution in [3.05, 3.63) is 24.3 Å². The number of ether oxygens (including phenoxy) is 1. The molecule has 0 fully saturated rings. The smallest absolute Gasteiger partial charge is 0.321 e. The summed E-state index contributed by atoms with van der Waals surface area (Å²) in [6, 6.07) is 7.39. The van der Waals surface area contributed by atoms with Crippen LogP contribution in [0.5, 0.6) is 5.75 Å². The van der Waals surface area contributed by atoms with Crippen molar-refractivity contribution >= 4 is 11.7 Å². The van der Waals surface area contributed by atoms with Crippen LogP contribution >= 0.6 is 0 Å². The molecule has 0 aliphatic heterocycles. The molecule has 0 aliphatic carbocycles. The van der Waals surface area contributed by atoms with Gasteiger partial charge >= 0.3 is 6.03 Å². The summed E-state index contributed by atoms with van der Waals surface area (Å²) in [5, 5.41) is 2.82. The van der Waals surface area contributed by atoms with Crippen LogP contribution in [0.15, 0.2) is 24.3 Å². The molecule has 0 saturated carbocycles. The summed E-state index contributed by atoms with van der Waals surface area (Å²) >= 11 is 0. The van der Waals surface area contributed by atoms with Gasteiger partial charge in [0.25, 0.3) is 0 Å². The minimum absolute atomic E-state index is 0.122. The predicted octanol–water partition coefficient (Wildman–Crippen LogP) is 2.25. The zero-order valence-corrected chi connectivity index (χ0v) is 10.2. The molecule has 0 bridgehead atoms. The number of hydrogen-bond acceptors (Lipinski definition) is 2. The Bertz CT molecular complexity index is 364. The summed E-state index contributed by atoms with van der Waals surface area (Å²) in [5.74, 6) is 0.738. The highest BCUT2D eigenvalue weighted by Crippen LogP contribution is 2.19. The molecule has 1 rings (SSSR count). The van der Waals surface area contributed by atoms with Gasteiger partial charge in [0.1, 0.15) is 5.75 Å². The summed E-state index contributed by atoms with van der Waals surface area (Å²) in [4.78, 5) is 13.3. The average molecular weight is 222 g/mol. The summed E-state index contributed by atoms with van der Waals surface area (Å²) in [5.41, 5.74) is 0.803. The van der Waals surface area contributed by atoms with Crippen molar-refractivity contribution in [2.24, 2.45) is 0 Å². The van der Waals surface area contributed by atoms with E-state index in [4.69, 9.17) is 4.74 Å². The second-order valence-corrected chi connectivity index (χ2v) is 3.86. The first-order valence-corrected chi connectivity index (χ1v) is 5.23. The summed E-state index contributed by atoms with van der Waals surface area (Å²) in [6.07, 6.45) is 0. The minimum Gasteiger partial charge on any atom is -0.497 e. The molecular formula is C12H18N2O2. The molecule has 0 heterocycles. The van der Waals surface area contributed by atoms with E-state index >= 15 is 0 Å². The zero-order valence-electron chi connectivity index (χ0n) is 10.2. The van der Waals surface area contributed by atoms with E-state index in [-0.39, 0.29) is 12.1 Å². The summed E-state index contributed by atoms with van der Waals surface area (Å²) < 4.78 is 5.11. The van der Waals surface area contributed by atoms with E-state index in [1.807, 2.05) is 38.1 Å². The van der Waals surface area contributed by atoms with Crippen molar-refractivity contribution in [3.63, 3.8) is 0 Å². The van der Waals surface area contributed by atoms with Gasteiger partial charge in [-0.15, -0.1) is 0 Å². The van der Waals surface area contributed by atoms with Crippen molar-refractivity contribution < 1.29 is 9.53 Å². The molecule has 1 N–H and O–H groups in total. The number of amides is 2. The van der Waals surface area contributed by atoms with Crippen LogP contribution < -0.4 is 15.0 Å². The number of benzene rings is 1. The van der Waals surface area contributed by atoms with Gasteiger partial charge in [-0.25, -0.2) is 4.79 Å². The molecule has 16 heavy (non-hydrogen) atoms. The molecule has 0 aromatic heterocycles. The van der Waals surface area contributed by atoms with Crippen LogP contribution in [0.4, 0.5) is 10.5 Å². The fourth-order valence-corrected chi connectivity index (χ4v) is 1.28. The van der Waals surface area contributed by atoms with E-state index in [0.717, 1.165) is 11.4 Å². The molecule has 0 spiro atoms. The number of hydrogen-bond donors (Lipinski definition) is 1. The molecule has 1 aromatic rings. The van der Waals surface area contributed by atoms with Gasteiger partial charge < -0.3 is 10.1 Å². The van der Waals surface area contributed by atoms with Crippen LogP contribution in [0, 0.1) is 0 Å². The maximum atomic E-state index is 11.7. The number of carbonyl (C=O) groups is 1. The van der Waals surface area contributed by atoms with Crippen LogP contribution in [0.25, 0.3) is 0 Å². The number of methoxy groups -OCH3 is 1. The first-order valence-electron chi connectivity index (χ1n) is 5.23. The fourth-order valence-electron chi connectivity index (χ4n) is 1.28. The third-order valence-corrected chi connectivity index (χ3v) is 2.16. The van der Waals surface area contributed by atoms with Gasteiger partial charge in [-0.3, -0.25) is 4.90 Å². The quantitative estimate of drug-likeness (QED) is 0.852. The normalized spacial score (nSPS) is 10.1. The summed E-state index contributed by atoms with van der Waals surface area (Å²) in [6.45, 7) is 3.86. The van der Waals surface area contributed by atoms with Gasteiger partial charge in [-0.2, -0.15) is 0 Å². The lowest BCUT2D eigenvalue weighted by Crippen LogP contribution is -2.40. The van der Waals surface area contributed by atoms with Crippen LogP contribution in [-0.4, -0.2) is 26.2 Å². The molecule has 88 valence electrons. The molecule has 2 amide bonds. The van der Waals surface area contributed by atoms with Gasteiger partial charge in [-0.05, 0) is 26.0 Å². The van der Waals surface area contributed by atoms with E-state index in [2.05, 4.69) is 5.32 Å². The number of rotatable bonds is 3. The molecule has 4 heteroatoms. The maximum absolute atomic E-state index is 11.7. The Balaban J connectivity index is 2.79. The lowest BCUT2D eigenvalue weighted by atomic mass is 10.3. The second kappa shape index (κ2) is 5.39. The third kappa shape index (κ3) is 3.15. The highest BCUT2D eigenvalue weighted by molar-refractivity contribution is 5.91. The topological polar surface area (TPSA) is 41.6 Å². The van der Waals surface area contributed by atoms with Gasteiger partial charge in [-0.1, -0.05) is 6.07 Å². The highest BCUT2D eigenvalue weighted by atomic mass is 16.5. The van der Waals surface area contributed by atoms with E-state index in [1.54, 1.807) is 19.1 Å². The van der Waals surface area contributed by atoms with E-state index < -0.39 is 0 Å². The Kier molecular flexibility index (Phi) is 4.17. The number of urea groups is 1. The number of nitrogens with one attached hydrogen (secondary N) is 1. The first kappa shape index (κ1) is 12.4. The maximum Gasteiger partial charge on any atom is 0.321 e. The second-order valence-electron chi connectivity index (χ2n) is 3.86. The Morgan fingerprint density at radius 1 is 1.44 bits per heavy atom. The standard InChI is InChI=1S/C12H18N2O2/c1-9(2)13-12(15)14(3)10-6-5-7-11(8-10)16-4/h5-9H,1-4H3,(H,13,15). The number of nitrogens with zero attached hydrogens (tertiary/aromatic N) is 1. The Morgan fingerprint density at radius 3 is 2.69 bits per heavy atom. The van der Waals surface area contributed by atoms with Crippen LogP contribution in [0.1, 0.15) is 13.8 Å². The number of anilines is 1. The monoisotopic (exact) mass is 222 g/mol. The fraction of sp³-hybridized carbons (Fsp3) is 0.417. The largest absolute Gasteiger partial charge is 0.497 e. The zero-order chi connectivity index (χ0) is 12.1. The van der Waals surface area contributed by atoms with E-state index in [0.29, 0.717) is 0 Å². The van der Waals surface area contributed by atoms with Crippen molar-refractivity contribution in [2.45, 2.75) is 19.9 Å². The van der Waals surface area contributed by atoms with E-state index in [1.165, 1.54) is 0 Å². The predicted molar refractivity (Wildman–Crippen MR) is 65.1 cm³/mol. The van der Waals surface area contributed by atoms with Crippen LogP contribution in [-0.2, 0) is 0 Å². The Hall–Kier alpha value is -1.71. The van der Waals surface area contributed by atoms with Crippen LogP contribution in [0.2, 0.25) is 0 Å². The molecule has 0 unspecified atom stereocenters. The van der Waals surface area contributed by atoms with Gasteiger partial charge in [0.2, 0.25) is 0 Å². The lowest BCUT2D eigenvalue weighted by molar-refractivity contribution is 0.245. The van der Waals surface area contributed by atoms with Crippen molar-refractivity contribution in [1.82, 2.24) is 5.32 Å². The Labute approximate surface area is 96.2 Å². The highest BCUT2D eigenvalue weighted by Gasteiger charge is 2.11.